The van der Waals surface area contributed by atoms with Crippen LogP contribution in [0.3, 0.4) is 0 Å². The molecule has 4 rings (SSSR count). The van der Waals surface area contributed by atoms with Crippen molar-refractivity contribution in [2.45, 2.75) is 37.7 Å². The second kappa shape index (κ2) is 7.05. The molecule has 0 aliphatic carbocycles. The highest BCUT2D eigenvalue weighted by atomic mass is 32.2. The molecule has 0 atom stereocenters. The fourth-order valence-corrected chi connectivity index (χ4v) is 4.45. The Morgan fingerprint density at radius 3 is 3.00 bits per heavy atom. The second-order valence-electron chi connectivity index (χ2n) is 5.68. The van der Waals surface area contributed by atoms with Gasteiger partial charge in [0.05, 0.1) is 5.69 Å². The predicted molar refractivity (Wildman–Crippen MR) is 98.3 cm³/mol. The molecule has 2 aromatic heterocycles. The summed E-state index contributed by atoms with van der Waals surface area (Å²) in [6.45, 7) is 5.39. The number of thioether (sulfide) groups is 1. The van der Waals surface area contributed by atoms with Crippen molar-refractivity contribution in [3.05, 3.63) is 35.1 Å². The Hall–Kier alpha value is -2.06. The van der Waals surface area contributed by atoms with Crippen molar-refractivity contribution in [2.24, 2.45) is 0 Å². The van der Waals surface area contributed by atoms with Crippen LogP contribution in [0.25, 0.3) is 10.6 Å². The molecule has 0 fully saturated rings. The molecular weight excluding hydrogens is 356 g/mol. The minimum atomic E-state index is 0.288. The first kappa shape index (κ1) is 16.4. The smallest absolute Gasteiger partial charge is 0.231 e. The molecule has 3 heterocycles. The number of hydrogen-bond acceptors (Lipinski definition) is 7. The second-order valence-corrected chi connectivity index (χ2v) is 7.48. The van der Waals surface area contributed by atoms with Gasteiger partial charge in [-0.3, -0.25) is 0 Å². The fraction of sp³-hybridized carbons (Fsp3) is 0.353. The lowest BCUT2D eigenvalue weighted by Gasteiger charge is -2.05. The average Bonchev–Trinajstić information content (AvgIpc) is 3.34. The van der Waals surface area contributed by atoms with E-state index in [0.717, 1.165) is 57.5 Å². The molecule has 0 unspecified atom stereocenters. The SMILES string of the molecule is CCCn1c(C)nnc1SCc1csc(-c2ccc3c(c2)OCO3)n1. The number of ether oxygens (including phenoxy) is 2. The van der Waals surface area contributed by atoms with Crippen LogP contribution in [-0.4, -0.2) is 26.5 Å². The van der Waals surface area contributed by atoms with Gasteiger partial charge in [0, 0.05) is 23.2 Å². The highest BCUT2D eigenvalue weighted by Crippen LogP contribution is 2.37. The number of aromatic nitrogens is 4. The van der Waals surface area contributed by atoms with Gasteiger partial charge in [0.15, 0.2) is 16.7 Å². The van der Waals surface area contributed by atoms with Crippen molar-refractivity contribution in [1.82, 2.24) is 19.7 Å². The lowest BCUT2D eigenvalue weighted by Crippen LogP contribution is -2.01. The summed E-state index contributed by atoms with van der Waals surface area (Å²) < 4.78 is 13.0. The quantitative estimate of drug-likeness (QED) is 0.604. The van der Waals surface area contributed by atoms with Crippen LogP contribution in [0.1, 0.15) is 24.9 Å². The van der Waals surface area contributed by atoms with Gasteiger partial charge in [0.25, 0.3) is 0 Å². The number of thiazole rings is 1. The maximum Gasteiger partial charge on any atom is 0.231 e. The lowest BCUT2D eigenvalue weighted by molar-refractivity contribution is 0.174. The maximum absolute atomic E-state index is 5.44. The third-order valence-corrected chi connectivity index (χ3v) is 5.81. The van der Waals surface area contributed by atoms with Gasteiger partial charge in [-0.1, -0.05) is 18.7 Å². The van der Waals surface area contributed by atoms with E-state index < -0.39 is 0 Å². The summed E-state index contributed by atoms with van der Waals surface area (Å²) in [6.07, 6.45) is 1.07. The summed E-state index contributed by atoms with van der Waals surface area (Å²) in [4.78, 5) is 4.75. The van der Waals surface area contributed by atoms with Crippen LogP contribution in [0.5, 0.6) is 11.5 Å². The van der Waals surface area contributed by atoms with Gasteiger partial charge < -0.3 is 14.0 Å². The number of aryl methyl sites for hydroxylation is 1. The summed E-state index contributed by atoms with van der Waals surface area (Å²) >= 11 is 3.32. The molecule has 0 radical (unpaired) electrons. The number of nitrogens with zero attached hydrogens (tertiary/aromatic N) is 4. The lowest BCUT2D eigenvalue weighted by atomic mass is 10.2. The van der Waals surface area contributed by atoms with E-state index in [4.69, 9.17) is 14.5 Å². The van der Waals surface area contributed by atoms with E-state index in [1.165, 1.54) is 0 Å². The topological polar surface area (TPSA) is 62.1 Å². The van der Waals surface area contributed by atoms with Crippen LogP contribution in [0, 0.1) is 6.92 Å². The van der Waals surface area contributed by atoms with Crippen LogP contribution < -0.4 is 9.47 Å². The largest absolute Gasteiger partial charge is 0.454 e. The first-order valence-electron chi connectivity index (χ1n) is 8.11. The standard InChI is InChI=1S/C17H18N4O2S2/c1-3-6-21-11(2)19-20-17(21)25-9-13-8-24-16(18-13)12-4-5-14-15(7-12)23-10-22-14/h4-5,7-8H,3,6,9-10H2,1-2H3. The van der Waals surface area contributed by atoms with Crippen LogP contribution in [-0.2, 0) is 12.3 Å². The van der Waals surface area contributed by atoms with Crippen molar-refractivity contribution in [2.75, 3.05) is 6.79 Å². The van der Waals surface area contributed by atoms with Crippen LogP contribution >= 0.6 is 23.1 Å². The van der Waals surface area contributed by atoms with Gasteiger partial charge >= 0.3 is 0 Å². The predicted octanol–water partition coefficient (Wildman–Crippen LogP) is 4.14. The summed E-state index contributed by atoms with van der Waals surface area (Å²) in [5.74, 6) is 3.32. The monoisotopic (exact) mass is 374 g/mol. The Bertz CT molecular complexity index is 891. The zero-order valence-electron chi connectivity index (χ0n) is 14.1. The normalized spacial score (nSPS) is 12.7. The Kier molecular flexibility index (Phi) is 4.63. The van der Waals surface area contributed by atoms with Crippen molar-refractivity contribution < 1.29 is 9.47 Å². The van der Waals surface area contributed by atoms with Crippen molar-refractivity contribution >= 4 is 23.1 Å². The highest BCUT2D eigenvalue weighted by Gasteiger charge is 2.16. The van der Waals surface area contributed by atoms with Gasteiger partial charge in [0.2, 0.25) is 6.79 Å². The molecule has 6 nitrogen and oxygen atoms in total. The van der Waals surface area contributed by atoms with Gasteiger partial charge in [0.1, 0.15) is 10.8 Å². The van der Waals surface area contributed by atoms with E-state index in [2.05, 4.69) is 27.1 Å². The first-order valence-corrected chi connectivity index (χ1v) is 9.98. The van der Waals surface area contributed by atoms with E-state index in [9.17, 15) is 0 Å². The zero-order valence-corrected chi connectivity index (χ0v) is 15.7. The first-order chi connectivity index (χ1) is 12.2. The molecule has 1 aliphatic rings. The van der Waals surface area contributed by atoms with Crippen molar-refractivity contribution in [3.8, 4) is 22.1 Å². The minimum Gasteiger partial charge on any atom is -0.454 e. The molecule has 0 N–H and O–H groups in total. The van der Waals surface area contributed by atoms with Gasteiger partial charge in [-0.15, -0.1) is 21.5 Å². The molecule has 0 saturated carbocycles. The molecule has 1 aromatic carbocycles. The number of fused-ring (bicyclic) bond motifs is 1. The third-order valence-electron chi connectivity index (χ3n) is 3.87. The molecule has 0 amide bonds. The molecule has 1 aliphatic heterocycles. The summed E-state index contributed by atoms with van der Waals surface area (Å²) in [6, 6.07) is 5.94. The number of rotatable bonds is 6. The van der Waals surface area contributed by atoms with E-state index in [1.807, 2.05) is 25.1 Å². The maximum atomic E-state index is 5.44. The third kappa shape index (κ3) is 3.36. The molecule has 130 valence electrons. The molecular formula is C17H18N4O2S2. The minimum absolute atomic E-state index is 0.288. The molecule has 3 aromatic rings. The van der Waals surface area contributed by atoms with E-state index in [-0.39, 0.29) is 6.79 Å². The van der Waals surface area contributed by atoms with Crippen LogP contribution in [0.15, 0.2) is 28.7 Å². The summed E-state index contributed by atoms with van der Waals surface area (Å²) in [7, 11) is 0. The molecule has 0 bridgehead atoms. The van der Waals surface area contributed by atoms with Gasteiger partial charge in [-0.05, 0) is 31.5 Å². The van der Waals surface area contributed by atoms with Crippen LogP contribution in [0.4, 0.5) is 0 Å². The van der Waals surface area contributed by atoms with E-state index in [1.54, 1.807) is 23.1 Å². The molecule has 0 saturated heterocycles. The Morgan fingerprint density at radius 2 is 2.12 bits per heavy atom. The Balaban J connectivity index is 1.47. The molecule has 8 heteroatoms. The molecule has 0 spiro atoms. The van der Waals surface area contributed by atoms with Gasteiger partial charge in [-0.25, -0.2) is 4.98 Å². The van der Waals surface area contributed by atoms with E-state index >= 15 is 0 Å². The van der Waals surface area contributed by atoms with Gasteiger partial charge in [-0.2, -0.15) is 0 Å². The Morgan fingerprint density at radius 1 is 1.24 bits per heavy atom. The van der Waals surface area contributed by atoms with Crippen LogP contribution in [0.2, 0.25) is 0 Å². The summed E-state index contributed by atoms with van der Waals surface area (Å²) in [5.41, 5.74) is 2.10. The average molecular weight is 374 g/mol. The molecule has 25 heavy (non-hydrogen) atoms. The number of benzene rings is 1. The number of hydrogen-bond donors (Lipinski definition) is 0. The highest BCUT2D eigenvalue weighted by molar-refractivity contribution is 7.98. The van der Waals surface area contributed by atoms with E-state index in [0.29, 0.717) is 0 Å². The van der Waals surface area contributed by atoms with Crippen molar-refractivity contribution in [3.63, 3.8) is 0 Å². The zero-order chi connectivity index (χ0) is 17.2. The fourth-order valence-electron chi connectivity index (χ4n) is 2.62. The van der Waals surface area contributed by atoms with Crippen molar-refractivity contribution in [1.29, 1.82) is 0 Å². The Labute approximate surface area is 154 Å². The summed E-state index contributed by atoms with van der Waals surface area (Å²) in [5, 5.41) is 12.5.